The van der Waals surface area contributed by atoms with Crippen molar-refractivity contribution in [1.82, 2.24) is 19.9 Å². The van der Waals surface area contributed by atoms with Crippen LogP contribution in [0.4, 0.5) is 13.2 Å². The van der Waals surface area contributed by atoms with E-state index in [0.29, 0.717) is 28.6 Å². The molecule has 0 aliphatic heterocycles. The molecule has 5 rings (SSSR count). The Hall–Kier alpha value is -3.21. The summed E-state index contributed by atoms with van der Waals surface area (Å²) in [6, 6.07) is 6.68. The number of nitrogens with zero attached hydrogens (tertiary/aromatic N) is 3. The van der Waals surface area contributed by atoms with Gasteiger partial charge in [0.05, 0.1) is 21.6 Å². The van der Waals surface area contributed by atoms with Crippen molar-refractivity contribution in [2.45, 2.75) is 50.7 Å². The molecule has 2 aromatic heterocycles. The maximum atomic E-state index is 13.7. The summed E-state index contributed by atoms with van der Waals surface area (Å²) in [5.74, 6) is -2.13. The largest absolute Gasteiger partial charge is 0.480 e. The van der Waals surface area contributed by atoms with Crippen molar-refractivity contribution in [3.63, 3.8) is 0 Å². The molecule has 1 spiro atoms. The molecule has 36 heavy (non-hydrogen) atoms. The van der Waals surface area contributed by atoms with Gasteiger partial charge in [0.2, 0.25) is 5.82 Å². The van der Waals surface area contributed by atoms with Crippen molar-refractivity contribution in [1.29, 1.82) is 0 Å². The zero-order valence-electron chi connectivity index (χ0n) is 19.0. The number of ketones is 1. The van der Waals surface area contributed by atoms with Crippen LogP contribution in [0.25, 0.3) is 16.7 Å². The van der Waals surface area contributed by atoms with Crippen LogP contribution in [0.2, 0.25) is 0 Å². The molecule has 1 fully saturated rings. The number of halogens is 4. The van der Waals surface area contributed by atoms with Crippen LogP contribution < -0.4 is 5.32 Å². The van der Waals surface area contributed by atoms with E-state index in [1.54, 1.807) is 12.1 Å². The van der Waals surface area contributed by atoms with Crippen molar-refractivity contribution in [3.8, 4) is 5.69 Å². The van der Waals surface area contributed by atoms with Gasteiger partial charge in [-0.15, -0.1) is 0 Å². The first kappa shape index (κ1) is 24.5. The second-order valence-electron chi connectivity index (χ2n) is 9.20. The second-order valence-corrected chi connectivity index (χ2v) is 9.99. The average molecular weight is 563 g/mol. The number of hydrogen-bond acceptors (Lipinski definition) is 5. The number of pyridine rings is 1. The molecule has 188 valence electrons. The first-order valence-corrected chi connectivity index (χ1v) is 12.3. The monoisotopic (exact) mass is 562 g/mol. The van der Waals surface area contributed by atoms with Crippen LogP contribution in [0.5, 0.6) is 0 Å². The molecule has 2 heterocycles. The van der Waals surface area contributed by atoms with Crippen LogP contribution in [-0.2, 0) is 22.2 Å². The lowest BCUT2D eigenvalue weighted by molar-refractivity contribution is -0.145. The van der Waals surface area contributed by atoms with Gasteiger partial charge in [0, 0.05) is 24.0 Å². The van der Waals surface area contributed by atoms with E-state index in [1.165, 1.54) is 30.6 Å². The number of carbonyl (C=O) groups excluding carboxylic acids is 1. The van der Waals surface area contributed by atoms with E-state index in [4.69, 9.17) is 0 Å². The highest BCUT2D eigenvalue weighted by Crippen LogP contribution is 2.53. The van der Waals surface area contributed by atoms with Gasteiger partial charge in [-0.05, 0) is 52.5 Å². The van der Waals surface area contributed by atoms with E-state index in [9.17, 15) is 27.9 Å². The quantitative estimate of drug-likeness (QED) is 0.430. The van der Waals surface area contributed by atoms with Crippen molar-refractivity contribution in [2.24, 2.45) is 5.41 Å². The standard InChI is InChI=1S/C25H22BrF3N4O3/c26-19-20(24(21(19)34)9-2-1-3-10-24)31-16(22(35)36)12-14-4-6-15(7-5-14)33-18-8-11-30-13-17(18)32-23(33)25(27,28)29/h4-8,11,13,16,31H,1-3,9-10,12H2,(H,35,36)/t16-/m0/s1. The summed E-state index contributed by atoms with van der Waals surface area (Å²) in [6.07, 6.45) is 2.35. The number of imidazole rings is 1. The molecule has 2 N–H and O–H groups in total. The molecule has 1 aromatic carbocycles. The van der Waals surface area contributed by atoms with Gasteiger partial charge < -0.3 is 10.4 Å². The zero-order valence-corrected chi connectivity index (χ0v) is 20.6. The smallest absolute Gasteiger partial charge is 0.450 e. The summed E-state index contributed by atoms with van der Waals surface area (Å²) in [5, 5.41) is 12.9. The third-order valence-electron chi connectivity index (χ3n) is 7.00. The number of fused-ring (bicyclic) bond motifs is 1. The molecule has 1 saturated carbocycles. The van der Waals surface area contributed by atoms with Gasteiger partial charge >= 0.3 is 12.1 Å². The van der Waals surface area contributed by atoms with E-state index in [1.807, 2.05) is 0 Å². The average Bonchev–Trinajstić information content (AvgIpc) is 3.27. The van der Waals surface area contributed by atoms with E-state index in [2.05, 4.69) is 31.2 Å². The Morgan fingerprint density at radius 3 is 2.50 bits per heavy atom. The highest BCUT2D eigenvalue weighted by atomic mass is 79.9. The molecule has 2 aliphatic rings. The van der Waals surface area contributed by atoms with Gasteiger partial charge in [-0.3, -0.25) is 14.3 Å². The number of allylic oxidation sites excluding steroid dienone is 2. The molecule has 0 bridgehead atoms. The van der Waals surface area contributed by atoms with E-state index in [0.717, 1.165) is 23.8 Å². The Balaban J connectivity index is 1.41. The van der Waals surface area contributed by atoms with Crippen molar-refractivity contribution >= 4 is 38.7 Å². The maximum Gasteiger partial charge on any atom is 0.450 e. The van der Waals surface area contributed by atoms with Gasteiger partial charge in [-0.25, -0.2) is 9.78 Å². The lowest BCUT2D eigenvalue weighted by Crippen LogP contribution is -2.53. The minimum absolute atomic E-state index is 0.0152. The van der Waals surface area contributed by atoms with Crippen LogP contribution in [0.15, 0.2) is 52.9 Å². The Morgan fingerprint density at radius 1 is 1.17 bits per heavy atom. The molecule has 3 aromatic rings. The normalized spacial score (nSPS) is 18.4. The van der Waals surface area contributed by atoms with Crippen LogP contribution >= 0.6 is 15.9 Å². The molecule has 0 unspecified atom stereocenters. The van der Waals surface area contributed by atoms with E-state index >= 15 is 0 Å². The molecule has 11 heteroatoms. The number of nitrogens with one attached hydrogen (secondary N) is 1. The SMILES string of the molecule is O=C(O)[C@H](Cc1ccc(-n2c(C(F)(F)F)nc3cnccc32)cc1)NC1=C(Br)C(=O)C12CCCCC2. The Labute approximate surface area is 212 Å². The number of carboxylic acids is 1. The van der Waals surface area contributed by atoms with E-state index < -0.39 is 29.4 Å². The maximum absolute atomic E-state index is 13.7. The van der Waals surface area contributed by atoms with Gasteiger partial charge in [-0.1, -0.05) is 31.4 Å². The Kier molecular flexibility index (Phi) is 6.14. The number of alkyl halides is 3. The zero-order chi connectivity index (χ0) is 25.7. The number of Topliss-reactive ketones (excluding diaryl/α,β-unsaturated/α-hetero) is 1. The van der Waals surface area contributed by atoms with Gasteiger partial charge in [0.1, 0.15) is 11.6 Å². The highest BCUT2D eigenvalue weighted by Gasteiger charge is 2.53. The fraction of sp³-hybridized carbons (Fsp3) is 0.360. The lowest BCUT2D eigenvalue weighted by Gasteiger charge is -2.46. The number of hydrogen-bond donors (Lipinski definition) is 2. The Bertz CT molecular complexity index is 1380. The minimum atomic E-state index is -4.67. The Morgan fingerprint density at radius 2 is 1.86 bits per heavy atom. The number of aliphatic carboxylic acids is 1. The van der Waals surface area contributed by atoms with Gasteiger partial charge in [0.25, 0.3) is 0 Å². The summed E-state index contributed by atoms with van der Waals surface area (Å²) in [5.41, 5.74) is 1.26. The van der Waals surface area contributed by atoms with Gasteiger partial charge in [0.15, 0.2) is 5.78 Å². The molecule has 1 atom stereocenters. The van der Waals surface area contributed by atoms with Gasteiger partial charge in [-0.2, -0.15) is 13.2 Å². The molecule has 0 radical (unpaired) electrons. The predicted octanol–water partition coefficient (Wildman–Crippen LogP) is 5.16. The summed E-state index contributed by atoms with van der Waals surface area (Å²) in [6.45, 7) is 0. The number of carbonyl (C=O) groups is 2. The topological polar surface area (TPSA) is 97.1 Å². The molecular formula is C25H22BrF3N4O3. The highest BCUT2D eigenvalue weighted by molar-refractivity contribution is 9.12. The van der Waals surface area contributed by atoms with Crippen molar-refractivity contribution in [3.05, 3.63) is 64.3 Å². The summed E-state index contributed by atoms with van der Waals surface area (Å²) >= 11 is 3.31. The fourth-order valence-corrected chi connectivity index (χ4v) is 6.07. The lowest BCUT2D eigenvalue weighted by atomic mass is 9.62. The van der Waals surface area contributed by atoms with Crippen LogP contribution in [0.3, 0.4) is 0 Å². The number of aromatic nitrogens is 3. The predicted molar refractivity (Wildman–Crippen MR) is 129 cm³/mol. The molecule has 7 nitrogen and oxygen atoms in total. The van der Waals surface area contributed by atoms with Crippen LogP contribution in [0.1, 0.15) is 43.5 Å². The first-order chi connectivity index (χ1) is 17.1. The minimum Gasteiger partial charge on any atom is -0.480 e. The van der Waals surface area contributed by atoms with Crippen LogP contribution in [-0.4, -0.2) is 37.4 Å². The number of carboxylic acid groups (broad SMARTS) is 1. The first-order valence-electron chi connectivity index (χ1n) is 11.6. The van der Waals surface area contributed by atoms with Crippen molar-refractivity contribution < 1.29 is 27.9 Å². The molecule has 0 amide bonds. The van der Waals surface area contributed by atoms with Crippen molar-refractivity contribution in [2.75, 3.05) is 0 Å². The number of benzene rings is 1. The second kappa shape index (κ2) is 9.02. The number of rotatable bonds is 6. The molecule has 0 saturated heterocycles. The molecular weight excluding hydrogens is 541 g/mol. The summed E-state index contributed by atoms with van der Waals surface area (Å²) in [4.78, 5) is 32.2. The fourth-order valence-electron chi connectivity index (χ4n) is 5.19. The summed E-state index contributed by atoms with van der Waals surface area (Å²) in [7, 11) is 0. The third-order valence-corrected chi connectivity index (χ3v) is 7.76. The summed E-state index contributed by atoms with van der Waals surface area (Å²) < 4.78 is 42.4. The molecule has 2 aliphatic carbocycles. The van der Waals surface area contributed by atoms with E-state index in [-0.39, 0.29) is 28.9 Å². The third kappa shape index (κ3) is 4.08. The van der Waals surface area contributed by atoms with Crippen LogP contribution in [0, 0.1) is 5.41 Å².